The highest BCUT2D eigenvalue weighted by Gasteiger charge is 2.23. The van der Waals surface area contributed by atoms with Crippen LogP contribution in [0.25, 0.3) is 17.1 Å². The Morgan fingerprint density at radius 1 is 1.24 bits per heavy atom. The van der Waals surface area contributed by atoms with Crippen LogP contribution in [-0.4, -0.2) is 44.5 Å². The molecule has 178 valence electrons. The Bertz CT molecular complexity index is 1120. The second-order valence-electron chi connectivity index (χ2n) is 8.38. The summed E-state index contributed by atoms with van der Waals surface area (Å²) < 4.78 is 2.19. The van der Waals surface area contributed by atoms with Crippen molar-refractivity contribution in [1.29, 1.82) is 0 Å². The smallest absolute Gasteiger partial charge is 0.245 e. The average Bonchev–Trinajstić information content (AvgIpc) is 3.16. The van der Waals surface area contributed by atoms with Gasteiger partial charge in [0.05, 0.1) is 12.2 Å². The van der Waals surface area contributed by atoms with Crippen molar-refractivity contribution in [3.8, 4) is 0 Å². The van der Waals surface area contributed by atoms with Gasteiger partial charge in [-0.3, -0.25) is 9.78 Å². The normalized spacial score (nSPS) is 13.8. The molecule has 3 aromatic rings. The second kappa shape index (κ2) is 11.5. The quantitative estimate of drug-likeness (QED) is 0.474. The van der Waals surface area contributed by atoms with Gasteiger partial charge in [0.15, 0.2) is 0 Å². The summed E-state index contributed by atoms with van der Waals surface area (Å²) in [4.78, 5) is 23.1. The highest BCUT2D eigenvalue weighted by molar-refractivity contribution is 5.87. The lowest BCUT2D eigenvalue weighted by molar-refractivity contribution is -0.126. The molecule has 6 nitrogen and oxygen atoms in total. The minimum Gasteiger partial charge on any atom is -0.369 e. The third-order valence-corrected chi connectivity index (χ3v) is 5.67. The van der Waals surface area contributed by atoms with E-state index < -0.39 is 0 Å². The molecule has 0 aliphatic carbocycles. The monoisotopic (exact) mass is 449 g/mol. The number of likely N-dealkylation sites (tertiary alicyclic amines) is 1. The van der Waals surface area contributed by atoms with Gasteiger partial charge in [0, 0.05) is 39.3 Å². The van der Waals surface area contributed by atoms with Gasteiger partial charge in [-0.25, -0.2) is 4.98 Å². The minimum absolute atomic E-state index is 0. The van der Waals surface area contributed by atoms with E-state index >= 15 is 0 Å². The van der Waals surface area contributed by atoms with Gasteiger partial charge in [-0.05, 0) is 55.7 Å². The summed E-state index contributed by atoms with van der Waals surface area (Å²) in [6.45, 7) is 15.9. The van der Waals surface area contributed by atoms with Crippen molar-refractivity contribution < 1.29 is 7.65 Å². The van der Waals surface area contributed by atoms with E-state index in [0.29, 0.717) is 12.6 Å². The molecule has 0 radical (unpaired) electrons. The van der Waals surface area contributed by atoms with Crippen molar-refractivity contribution in [2.75, 3.05) is 18.4 Å². The SMILES string of the molecule is C=CC(=O)N1CCC(Nc2cc3cccnc3n2Cc2nc(C)ccc2C=C)CC1.CCC.[HH].[HH]. The Hall–Kier alpha value is -3.41. The lowest BCUT2D eigenvalue weighted by Crippen LogP contribution is -2.41. The highest BCUT2D eigenvalue weighted by atomic mass is 16.2. The third kappa shape index (κ3) is 5.89. The fraction of sp³-hybridized carbons (Fsp3) is 0.370. The molecular formula is C27H39N5O. The zero-order chi connectivity index (χ0) is 23.8. The average molecular weight is 450 g/mol. The number of nitrogens with zero attached hydrogens (tertiary/aromatic N) is 4. The van der Waals surface area contributed by atoms with Crippen LogP contribution in [-0.2, 0) is 11.3 Å². The first-order chi connectivity index (χ1) is 16.0. The van der Waals surface area contributed by atoms with Crippen LogP contribution in [0.5, 0.6) is 0 Å². The van der Waals surface area contributed by atoms with Crippen LogP contribution in [0.4, 0.5) is 5.82 Å². The highest BCUT2D eigenvalue weighted by Crippen LogP contribution is 2.26. The van der Waals surface area contributed by atoms with E-state index in [0.717, 1.165) is 59.7 Å². The minimum atomic E-state index is 0. The first-order valence-corrected chi connectivity index (χ1v) is 11.7. The van der Waals surface area contributed by atoms with Gasteiger partial charge in [-0.1, -0.05) is 45.6 Å². The van der Waals surface area contributed by atoms with E-state index in [-0.39, 0.29) is 8.76 Å². The fourth-order valence-electron chi connectivity index (χ4n) is 4.03. The molecule has 1 fully saturated rings. The van der Waals surface area contributed by atoms with Gasteiger partial charge in [-0.15, -0.1) is 0 Å². The molecule has 3 aromatic heterocycles. The number of nitrogens with one attached hydrogen (secondary N) is 1. The lowest BCUT2D eigenvalue weighted by Gasteiger charge is -2.32. The Morgan fingerprint density at radius 2 is 1.97 bits per heavy atom. The van der Waals surface area contributed by atoms with Crippen molar-refractivity contribution in [1.82, 2.24) is 19.4 Å². The molecule has 6 heteroatoms. The number of aromatic nitrogens is 3. The van der Waals surface area contributed by atoms with E-state index in [1.165, 1.54) is 12.5 Å². The molecule has 1 amide bonds. The van der Waals surface area contributed by atoms with Gasteiger partial charge in [-0.2, -0.15) is 0 Å². The van der Waals surface area contributed by atoms with E-state index in [2.05, 4.69) is 60.1 Å². The van der Waals surface area contributed by atoms with Crippen molar-refractivity contribution in [2.24, 2.45) is 0 Å². The summed E-state index contributed by atoms with van der Waals surface area (Å²) in [6, 6.07) is 10.5. The molecule has 1 aliphatic heterocycles. The van der Waals surface area contributed by atoms with Crippen molar-refractivity contribution in [3.63, 3.8) is 0 Å². The fourth-order valence-corrected chi connectivity index (χ4v) is 4.03. The third-order valence-electron chi connectivity index (χ3n) is 5.67. The first kappa shape index (κ1) is 24.2. The Labute approximate surface area is 200 Å². The maximum atomic E-state index is 11.9. The van der Waals surface area contributed by atoms with E-state index in [1.807, 2.05) is 36.2 Å². The summed E-state index contributed by atoms with van der Waals surface area (Å²) in [5.41, 5.74) is 3.91. The molecule has 0 bridgehead atoms. The zero-order valence-corrected chi connectivity index (χ0v) is 20.1. The van der Waals surface area contributed by atoms with Crippen molar-refractivity contribution in [3.05, 3.63) is 72.7 Å². The van der Waals surface area contributed by atoms with E-state index in [9.17, 15) is 4.79 Å². The second-order valence-corrected chi connectivity index (χ2v) is 8.38. The number of piperidine rings is 1. The van der Waals surface area contributed by atoms with Crippen molar-refractivity contribution in [2.45, 2.75) is 52.6 Å². The van der Waals surface area contributed by atoms with Gasteiger partial charge < -0.3 is 14.8 Å². The molecule has 0 spiro atoms. The molecule has 0 saturated carbocycles. The summed E-state index contributed by atoms with van der Waals surface area (Å²) in [7, 11) is 0. The predicted molar refractivity (Wildman–Crippen MR) is 142 cm³/mol. The van der Waals surface area contributed by atoms with E-state index in [1.54, 1.807) is 0 Å². The van der Waals surface area contributed by atoms with Crippen LogP contribution in [0.2, 0.25) is 0 Å². The molecule has 33 heavy (non-hydrogen) atoms. The van der Waals surface area contributed by atoms with Gasteiger partial charge in [0.25, 0.3) is 0 Å². The topological polar surface area (TPSA) is 63.1 Å². The molecule has 0 aromatic carbocycles. The Morgan fingerprint density at radius 3 is 2.64 bits per heavy atom. The van der Waals surface area contributed by atoms with Crippen LogP contribution in [0.1, 0.15) is 52.9 Å². The van der Waals surface area contributed by atoms with Crippen LogP contribution >= 0.6 is 0 Å². The standard InChI is InChI=1S/C24H27N5O.C3H8.2H2/c1-4-18-9-8-17(3)26-21(18)16-29-22(15-19-7-6-12-25-24(19)29)27-20-10-13-28(14-11-20)23(30)5-2;1-3-2;;/h4-9,12,15,20,27H,1-2,10-11,13-14,16H2,3H3;3H2,1-2H3;2*1H. The largest absolute Gasteiger partial charge is 0.369 e. The number of carbonyl (C=O) groups is 1. The molecule has 4 rings (SSSR count). The van der Waals surface area contributed by atoms with Gasteiger partial charge >= 0.3 is 0 Å². The Balaban J connectivity index is 0.00000117. The van der Waals surface area contributed by atoms with Gasteiger partial charge in [0.1, 0.15) is 11.5 Å². The number of fused-ring (bicyclic) bond motifs is 1. The number of aryl methyl sites for hydroxylation is 1. The molecule has 4 heterocycles. The van der Waals surface area contributed by atoms with Crippen LogP contribution in [0, 0.1) is 6.92 Å². The lowest BCUT2D eigenvalue weighted by atomic mass is 10.0. The van der Waals surface area contributed by atoms with Crippen LogP contribution < -0.4 is 5.32 Å². The van der Waals surface area contributed by atoms with Gasteiger partial charge in [0.2, 0.25) is 5.91 Å². The number of hydrogen-bond donors (Lipinski definition) is 1. The Kier molecular flexibility index (Phi) is 8.41. The summed E-state index contributed by atoms with van der Waals surface area (Å²) in [6.07, 6.45) is 8.11. The summed E-state index contributed by atoms with van der Waals surface area (Å²) in [5.74, 6) is 1.03. The zero-order valence-electron chi connectivity index (χ0n) is 20.1. The molecular weight excluding hydrogens is 410 g/mol. The molecule has 1 aliphatic rings. The molecule has 0 unspecified atom stereocenters. The first-order valence-electron chi connectivity index (χ1n) is 11.7. The number of rotatable bonds is 6. The number of carbonyl (C=O) groups excluding carboxylic acids is 1. The number of pyridine rings is 2. The summed E-state index contributed by atoms with van der Waals surface area (Å²) >= 11 is 0. The molecule has 1 N–H and O–H groups in total. The number of anilines is 1. The maximum Gasteiger partial charge on any atom is 0.245 e. The van der Waals surface area contributed by atoms with E-state index in [4.69, 9.17) is 4.98 Å². The number of hydrogen-bond acceptors (Lipinski definition) is 4. The molecule has 0 atom stereocenters. The van der Waals surface area contributed by atoms with Crippen LogP contribution in [0.15, 0.2) is 55.8 Å². The maximum absolute atomic E-state index is 11.9. The molecule has 1 saturated heterocycles. The predicted octanol–water partition coefficient (Wildman–Crippen LogP) is 5.93. The number of amides is 1. The van der Waals surface area contributed by atoms with Crippen molar-refractivity contribution >= 4 is 28.8 Å². The summed E-state index contributed by atoms with van der Waals surface area (Å²) in [5, 5.41) is 4.78. The van der Waals surface area contributed by atoms with Crippen LogP contribution in [0.3, 0.4) is 0 Å².